The molecule has 1 saturated carbocycles. The van der Waals surface area contributed by atoms with Crippen LogP contribution in [-0.4, -0.2) is 60.1 Å². The van der Waals surface area contributed by atoms with Gasteiger partial charge in [0, 0.05) is 56.3 Å². The van der Waals surface area contributed by atoms with Gasteiger partial charge in [-0.1, -0.05) is 19.1 Å². The second-order valence-corrected chi connectivity index (χ2v) is 9.26. The van der Waals surface area contributed by atoms with Crippen LogP contribution in [0.5, 0.6) is 0 Å². The maximum Gasteiger partial charge on any atom is 0.228 e. The molecule has 2 aromatic rings. The number of hydrogen-bond acceptors (Lipinski definition) is 4. The van der Waals surface area contributed by atoms with Gasteiger partial charge in [-0.05, 0) is 57.5 Å². The third-order valence-corrected chi connectivity index (χ3v) is 6.61. The predicted molar refractivity (Wildman–Crippen MR) is 121 cm³/mol. The average Bonchev–Trinajstić information content (AvgIpc) is 3.21. The Morgan fingerprint density at radius 3 is 2.55 bits per heavy atom. The molecule has 6 nitrogen and oxygen atoms in total. The molecule has 0 aliphatic heterocycles. The van der Waals surface area contributed by atoms with Crippen LogP contribution in [0.4, 0.5) is 4.39 Å². The van der Waals surface area contributed by atoms with E-state index in [1.165, 1.54) is 17.7 Å². The van der Waals surface area contributed by atoms with Gasteiger partial charge in [0.15, 0.2) is 0 Å². The standard InChI is InChI=1S/C24H36FN5O/c1-24(23(31)30(4)16-18-5-7-21(25)8-6-18)11-9-19(10-12-24)22-20(15-27-28-22)17-29(3)14-13-26-2/h5-8,15,19,26H,9-14,16-17H2,1-4H3,(H,27,28)/t19-,24-. The Hall–Kier alpha value is -2.25. The van der Waals surface area contributed by atoms with Crippen LogP contribution < -0.4 is 5.32 Å². The van der Waals surface area contributed by atoms with E-state index in [1.807, 2.05) is 20.3 Å². The van der Waals surface area contributed by atoms with Crippen molar-refractivity contribution >= 4 is 5.91 Å². The monoisotopic (exact) mass is 429 g/mol. The highest BCUT2D eigenvalue weighted by Gasteiger charge is 2.40. The molecule has 7 heteroatoms. The van der Waals surface area contributed by atoms with Gasteiger partial charge in [-0.2, -0.15) is 5.10 Å². The second-order valence-electron chi connectivity index (χ2n) is 9.26. The van der Waals surface area contributed by atoms with E-state index in [2.05, 4.69) is 34.4 Å². The molecule has 0 unspecified atom stereocenters. The number of benzene rings is 1. The van der Waals surface area contributed by atoms with Crippen molar-refractivity contribution in [2.45, 2.75) is 51.6 Å². The molecule has 0 spiro atoms. The summed E-state index contributed by atoms with van der Waals surface area (Å²) in [7, 11) is 5.94. The highest BCUT2D eigenvalue weighted by atomic mass is 19.1. The lowest BCUT2D eigenvalue weighted by atomic mass is 9.69. The van der Waals surface area contributed by atoms with E-state index in [9.17, 15) is 9.18 Å². The van der Waals surface area contributed by atoms with Crippen molar-refractivity contribution in [1.82, 2.24) is 25.3 Å². The fraction of sp³-hybridized carbons (Fsp3) is 0.583. The Kier molecular flexibility index (Phi) is 7.84. The number of carbonyl (C=O) groups excluding carboxylic acids is 1. The van der Waals surface area contributed by atoms with Crippen LogP contribution in [0.2, 0.25) is 0 Å². The molecule has 31 heavy (non-hydrogen) atoms. The molecular weight excluding hydrogens is 393 g/mol. The van der Waals surface area contributed by atoms with Crippen molar-refractivity contribution in [3.05, 3.63) is 53.1 Å². The first-order valence-electron chi connectivity index (χ1n) is 11.2. The van der Waals surface area contributed by atoms with E-state index in [4.69, 9.17) is 0 Å². The minimum atomic E-state index is -0.356. The fourth-order valence-corrected chi connectivity index (χ4v) is 4.62. The maximum absolute atomic E-state index is 13.2. The number of halogens is 1. The van der Waals surface area contributed by atoms with Crippen molar-refractivity contribution in [3.63, 3.8) is 0 Å². The average molecular weight is 430 g/mol. The number of H-pyrrole nitrogens is 1. The van der Waals surface area contributed by atoms with Gasteiger partial charge in [0.25, 0.3) is 0 Å². The quantitative estimate of drug-likeness (QED) is 0.640. The van der Waals surface area contributed by atoms with Gasteiger partial charge in [0.2, 0.25) is 5.91 Å². The summed E-state index contributed by atoms with van der Waals surface area (Å²) in [5, 5.41) is 10.8. The molecule has 1 amide bonds. The lowest BCUT2D eigenvalue weighted by molar-refractivity contribution is -0.142. The summed E-state index contributed by atoms with van der Waals surface area (Å²) in [6, 6.07) is 6.37. The minimum Gasteiger partial charge on any atom is -0.341 e. The van der Waals surface area contributed by atoms with Crippen molar-refractivity contribution < 1.29 is 9.18 Å². The number of nitrogens with one attached hydrogen (secondary N) is 2. The summed E-state index contributed by atoms with van der Waals surface area (Å²) in [6.07, 6.45) is 5.65. The maximum atomic E-state index is 13.2. The van der Waals surface area contributed by atoms with E-state index in [1.54, 1.807) is 17.0 Å². The largest absolute Gasteiger partial charge is 0.341 e. The number of aromatic nitrogens is 2. The number of rotatable bonds is 9. The van der Waals surface area contributed by atoms with E-state index in [0.29, 0.717) is 12.5 Å². The number of nitrogens with zero attached hydrogens (tertiary/aromatic N) is 3. The van der Waals surface area contributed by atoms with E-state index in [0.717, 1.165) is 56.6 Å². The first kappa shape index (κ1) is 23.4. The number of carbonyl (C=O) groups is 1. The summed E-state index contributed by atoms with van der Waals surface area (Å²) in [5.41, 5.74) is 3.00. The molecule has 0 bridgehead atoms. The molecule has 1 aromatic carbocycles. The van der Waals surface area contributed by atoms with E-state index in [-0.39, 0.29) is 17.1 Å². The molecule has 1 aliphatic carbocycles. The topological polar surface area (TPSA) is 64.3 Å². The number of likely N-dealkylation sites (N-methyl/N-ethyl adjacent to an activating group) is 2. The fourth-order valence-electron chi connectivity index (χ4n) is 4.62. The highest BCUT2D eigenvalue weighted by Crippen LogP contribution is 2.44. The van der Waals surface area contributed by atoms with Gasteiger partial charge in [-0.15, -0.1) is 0 Å². The molecule has 0 atom stereocenters. The molecular formula is C24H36FN5O. The van der Waals surface area contributed by atoms with Gasteiger partial charge in [-0.3, -0.25) is 9.89 Å². The Morgan fingerprint density at radius 2 is 1.90 bits per heavy atom. The Morgan fingerprint density at radius 1 is 1.23 bits per heavy atom. The van der Waals surface area contributed by atoms with E-state index >= 15 is 0 Å². The van der Waals surface area contributed by atoms with Crippen LogP contribution in [0.3, 0.4) is 0 Å². The van der Waals surface area contributed by atoms with Gasteiger partial charge in [-0.25, -0.2) is 4.39 Å². The summed E-state index contributed by atoms with van der Waals surface area (Å²) in [6.45, 7) is 5.41. The molecule has 3 rings (SSSR count). The molecule has 170 valence electrons. The van der Waals surface area contributed by atoms with Crippen molar-refractivity contribution in [3.8, 4) is 0 Å². The first-order valence-corrected chi connectivity index (χ1v) is 11.2. The van der Waals surface area contributed by atoms with Crippen LogP contribution in [0, 0.1) is 11.2 Å². The second kappa shape index (κ2) is 10.4. The third kappa shape index (κ3) is 5.92. The summed E-state index contributed by atoms with van der Waals surface area (Å²) < 4.78 is 13.1. The minimum absolute atomic E-state index is 0.171. The zero-order chi connectivity index (χ0) is 22.4. The summed E-state index contributed by atoms with van der Waals surface area (Å²) in [5.74, 6) is 0.306. The van der Waals surface area contributed by atoms with Gasteiger partial charge >= 0.3 is 0 Å². The number of hydrogen-bond donors (Lipinski definition) is 2. The zero-order valence-electron chi connectivity index (χ0n) is 19.2. The number of aromatic amines is 1. The molecule has 0 saturated heterocycles. The molecule has 1 aliphatic rings. The predicted octanol–water partition coefficient (Wildman–Crippen LogP) is 3.52. The van der Waals surface area contributed by atoms with Crippen molar-refractivity contribution in [1.29, 1.82) is 0 Å². The molecule has 1 aromatic heterocycles. The van der Waals surface area contributed by atoms with Crippen LogP contribution >= 0.6 is 0 Å². The molecule has 2 N–H and O–H groups in total. The summed E-state index contributed by atoms with van der Waals surface area (Å²) in [4.78, 5) is 17.3. The Balaban J connectivity index is 1.57. The van der Waals surface area contributed by atoms with Crippen LogP contribution in [0.15, 0.2) is 30.5 Å². The van der Waals surface area contributed by atoms with Crippen LogP contribution in [0.1, 0.15) is 55.3 Å². The Labute approximate surface area is 185 Å². The zero-order valence-corrected chi connectivity index (χ0v) is 19.2. The lowest BCUT2D eigenvalue weighted by Crippen LogP contribution is -2.42. The van der Waals surface area contributed by atoms with Gasteiger partial charge < -0.3 is 15.1 Å². The SMILES string of the molecule is CNCCN(C)Cc1c[nH]nc1[C@H]1CC[C@](C)(C(=O)N(C)Cc2ccc(F)cc2)CC1. The van der Waals surface area contributed by atoms with Crippen molar-refractivity contribution in [2.24, 2.45) is 5.41 Å². The Bertz CT molecular complexity index is 842. The molecule has 1 heterocycles. The lowest BCUT2D eigenvalue weighted by Gasteiger charge is -2.38. The highest BCUT2D eigenvalue weighted by molar-refractivity contribution is 5.82. The van der Waals surface area contributed by atoms with Crippen LogP contribution in [0.25, 0.3) is 0 Å². The molecule has 0 radical (unpaired) electrons. The summed E-state index contributed by atoms with van der Waals surface area (Å²) >= 11 is 0. The smallest absolute Gasteiger partial charge is 0.228 e. The van der Waals surface area contributed by atoms with Crippen molar-refractivity contribution in [2.75, 3.05) is 34.2 Å². The molecule has 1 fully saturated rings. The van der Waals surface area contributed by atoms with E-state index < -0.39 is 0 Å². The van der Waals surface area contributed by atoms with Gasteiger partial charge in [0.05, 0.1) is 5.69 Å². The third-order valence-electron chi connectivity index (χ3n) is 6.61. The first-order chi connectivity index (χ1) is 14.8. The van der Waals surface area contributed by atoms with Gasteiger partial charge in [0.1, 0.15) is 5.82 Å². The number of amides is 1. The van der Waals surface area contributed by atoms with Crippen LogP contribution in [-0.2, 0) is 17.9 Å². The normalized spacial score (nSPS) is 21.4.